The summed E-state index contributed by atoms with van der Waals surface area (Å²) >= 11 is 6.27. The number of oxime groups is 1. The average Bonchev–Trinajstić information content (AvgIpc) is 3.08. The number of alkyl halides is 3. The molecule has 0 radical (unpaired) electrons. The summed E-state index contributed by atoms with van der Waals surface area (Å²) in [4.78, 5) is 20.1. The lowest BCUT2D eigenvalue weighted by molar-refractivity contribution is -0.137. The van der Waals surface area contributed by atoms with Crippen LogP contribution in [0.15, 0.2) is 56.8 Å². The van der Waals surface area contributed by atoms with Crippen molar-refractivity contribution >= 4 is 52.9 Å². The molecule has 0 bridgehead atoms. The quantitative estimate of drug-likeness (QED) is 0.159. The number of benzene rings is 2. The minimum absolute atomic E-state index is 0.0980. The zero-order chi connectivity index (χ0) is 36.3. The van der Waals surface area contributed by atoms with E-state index in [1.165, 1.54) is 6.21 Å². The molecule has 6 rings (SSSR count). The van der Waals surface area contributed by atoms with Crippen molar-refractivity contribution in [2.75, 3.05) is 23.3 Å². The zero-order valence-corrected chi connectivity index (χ0v) is 29.9. The fraction of sp³-hybridized carbons (Fsp3) is 0.417. The maximum absolute atomic E-state index is 14.1. The number of anilines is 2. The Morgan fingerprint density at radius 1 is 1.06 bits per heavy atom. The molecule has 0 aliphatic carbocycles. The fourth-order valence-electron chi connectivity index (χ4n) is 5.85. The van der Waals surface area contributed by atoms with Gasteiger partial charge in [0.2, 0.25) is 5.88 Å². The summed E-state index contributed by atoms with van der Waals surface area (Å²) in [6.07, 6.45) is -1.45. The Labute approximate surface area is 290 Å². The SMILES string of the molecule is CC.CC.Cc1c(N2CCC(C)(C)CC2)oc2c(C(C)Nc3ccc(Cl)nc3-c3ccc4c(c3)C=NOB4O)cc(C(F)(F)F)cc2c1=O. The van der Waals surface area contributed by atoms with Gasteiger partial charge in [-0.25, -0.2) is 4.98 Å². The molecule has 1 unspecified atom stereocenters. The number of nitrogens with one attached hydrogen (secondary N) is 1. The van der Waals surface area contributed by atoms with Crippen LogP contribution in [-0.4, -0.2) is 36.4 Å². The Balaban J connectivity index is 0.00000130. The van der Waals surface area contributed by atoms with Gasteiger partial charge in [-0.15, -0.1) is 5.16 Å². The van der Waals surface area contributed by atoms with Crippen LogP contribution in [0.5, 0.6) is 0 Å². The lowest BCUT2D eigenvalue weighted by Gasteiger charge is -2.37. The summed E-state index contributed by atoms with van der Waals surface area (Å²) in [6, 6.07) is 9.56. The smallest absolute Gasteiger partial charge is 0.440 e. The first kappa shape index (κ1) is 37.8. The number of nitrogens with zero attached hydrogens (tertiary/aromatic N) is 3. The van der Waals surface area contributed by atoms with Crippen LogP contribution < -0.4 is 21.1 Å². The molecule has 13 heteroatoms. The van der Waals surface area contributed by atoms with Crippen molar-refractivity contribution in [3.63, 3.8) is 0 Å². The van der Waals surface area contributed by atoms with Gasteiger partial charge in [-0.05, 0) is 68.0 Å². The van der Waals surface area contributed by atoms with E-state index in [9.17, 15) is 23.0 Å². The van der Waals surface area contributed by atoms with Gasteiger partial charge >= 0.3 is 13.3 Å². The molecule has 2 aliphatic rings. The number of halogens is 4. The number of pyridine rings is 1. The van der Waals surface area contributed by atoms with Gasteiger partial charge in [0, 0.05) is 29.7 Å². The van der Waals surface area contributed by atoms with E-state index in [0.29, 0.717) is 46.9 Å². The Bertz CT molecular complexity index is 1890. The third-order valence-corrected chi connectivity index (χ3v) is 8.84. The molecule has 262 valence electrons. The lowest BCUT2D eigenvalue weighted by Crippen LogP contribution is -2.38. The summed E-state index contributed by atoms with van der Waals surface area (Å²) in [7, 11) is -1.21. The molecule has 2 aromatic heterocycles. The number of fused-ring (bicyclic) bond motifs is 2. The van der Waals surface area contributed by atoms with Crippen molar-refractivity contribution in [3.8, 4) is 11.3 Å². The van der Waals surface area contributed by atoms with Crippen molar-refractivity contribution < 1.29 is 27.4 Å². The van der Waals surface area contributed by atoms with Crippen LogP contribution in [0.4, 0.5) is 24.7 Å². The minimum atomic E-state index is -4.69. The Kier molecular flexibility index (Phi) is 11.8. The molecule has 8 nitrogen and oxygen atoms in total. The normalized spacial score (nSPS) is 15.7. The van der Waals surface area contributed by atoms with Gasteiger partial charge in [-0.3, -0.25) is 4.79 Å². The van der Waals surface area contributed by atoms with Gasteiger partial charge in [0.15, 0.2) is 5.43 Å². The van der Waals surface area contributed by atoms with Gasteiger partial charge < -0.3 is 24.4 Å². The average molecular weight is 699 g/mol. The minimum Gasteiger partial charge on any atom is -0.440 e. The first-order valence-electron chi connectivity index (χ1n) is 16.6. The van der Waals surface area contributed by atoms with Crippen LogP contribution in [0.25, 0.3) is 22.2 Å². The van der Waals surface area contributed by atoms with E-state index < -0.39 is 30.3 Å². The van der Waals surface area contributed by atoms with Crippen molar-refractivity contribution in [1.82, 2.24) is 4.98 Å². The lowest BCUT2D eigenvalue weighted by atomic mass is 9.75. The highest BCUT2D eigenvalue weighted by molar-refractivity contribution is 6.62. The molecular weight excluding hydrogens is 656 g/mol. The van der Waals surface area contributed by atoms with Crippen molar-refractivity contribution in [3.05, 3.63) is 80.1 Å². The Morgan fingerprint density at radius 2 is 1.73 bits per heavy atom. The van der Waals surface area contributed by atoms with Gasteiger partial charge in [0.1, 0.15) is 10.7 Å². The molecule has 0 spiro atoms. The molecule has 2 N–H and O–H groups in total. The Hall–Kier alpha value is -4.03. The molecule has 1 fully saturated rings. The number of rotatable bonds is 5. The van der Waals surface area contributed by atoms with Crippen LogP contribution in [-0.2, 0) is 10.9 Å². The monoisotopic (exact) mass is 698 g/mol. The number of aromatic nitrogens is 1. The molecular formula is C36H43BClF3N4O4. The summed E-state index contributed by atoms with van der Waals surface area (Å²) in [5.41, 5.74) is 1.93. The van der Waals surface area contributed by atoms with E-state index in [4.69, 9.17) is 20.8 Å². The fourth-order valence-corrected chi connectivity index (χ4v) is 6.00. The first-order valence-corrected chi connectivity index (χ1v) is 17.0. The summed E-state index contributed by atoms with van der Waals surface area (Å²) in [6.45, 7) is 17.0. The molecule has 2 aromatic carbocycles. The number of hydrogen-bond donors (Lipinski definition) is 2. The van der Waals surface area contributed by atoms with Crippen LogP contribution in [0.1, 0.15) is 89.6 Å². The highest BCUT2D eigenvalue weighted by Gasteiger charge is 2.34. The number of piperidine rings is 1. The predicted molar refractivity (Wildman–Crippen MR) is 193 cm³/mol. The highest BCUT2D eigenvalue weighted by Crippen LogP contribution is 2.39. The molecule has 1 atom stereocenters. The Morgan fingerprint density at radius 3 is 2.39 bits per heavy atom. The van der Waals surface area contributed by atoms with Crippen molar-refractivity contribution in [2.45, 2.75) is 80.4 Å². The first-order chi connectivity index (χ1) is 23.2. The van der Waals surface area contributed by atoms with Crippen molar-refractivity contribution in [1.29, 1.82) is 0 Å². The second-order valence-corrected chi connectivity index (χ2v) is 12.8. The highest BCUT2D eigenvalue weighted by atomic mass is 35.5. The zero-order valence-electron chi connectivity index (χ0n) is 29.1. The predicted octanol–water partition coefficient (Wildman–Crippen LogP) is 8.74. The maximum atomic E-state index is 14.1. The van der Waals surface area contributed by atoms with E-state index in [2.05, 4.69) is 29.3 Å². The largest absolute Gasteiger partial charge is 0.583 e. The van der Waals surface area contributed by atoms with E-state index in [1.54, 1.807) is 44.2 Å². The molecule has 0 saturated carbocycles. The summed E-state index contributed by atoms with van der Waals surface area (Å²) in [5, 5.41) is 17.2. The third-order valence-electron chi connectivity index (χ3n) is 8.63. The number of hydrogen-bond acceptors (Lipinski definition) is 8. The van der Waals surface area contributed by atoms with Crippen LogP contribution in [0, 0.1) is 12.3 Å². The van der Waals surface area contributed by atoms with Gasteiger partial charge in [0.25, 0.3) is 0 Å². The van der Waals surface area contributed by atoms with Gasteiger partial charge in [-0.2, -0.15) is 13.2 Å². The third kappa shape index (κ3) is 8.07. The second kappa shape index (κ2) is 15.3. The summed E-state index contributed by atoms with van der Waals surface area (Å²) < 4.78 is 53.7. The van der Waals surface area contributed by atoms with Crippen molar-refractivity contribution in [2.24, 2.45) is 10.6 Å². The second-order valence-electron chi connectivity index (χ2n) is 12.4. The van der Waals surface area contributed by atoms with Gasteiger partial charge in [0.05, 0.1) is 40.2 Å². The van der Waals surface area contributed by atoms with E-state index in [-0.39, 0.29) is 32.7 Å². The maximum Gasteiger partial charge on any atom is 0.583 e. The molecule has 1 saturated heterocycles. The van der Waals surface area contributed by atoms with Crippen LogP contribution >= 0.6 is 11.6 Å². The molecule has 4 heterocycles. The molecule has 0 amide bonds. The topological polar surface area (TPSA) is 100 Å². The molecule has 4 aromatic rings. The summed E-state index contributed by atoms with van der Waals surface area (Å²) in [5.74, 6) is 0.381. The van der Waals surface area contributed by atoms with E-state index in [0.717, 1.165) is 25.0 Å². The molecule has 2 aliphatic heterocycles. The molecule has 49 heavy (non-hydrogen) atoms. The van der Waals surface area contributed by atoms with E-state index in [1.807, 2.05) is 32.6 Å². The van der Waals surface area contributed by atoms with Crippen LogP contribution in [0.2, 0.25) is 5.15 Å². The van der Waals surface area contributed by atoms with E-state index >= 15 is 0 Å². The standard InChI is InChI=1S/C32H31BClF3N4O4.2C2H6/c1-17-28(42)23-15-21(32(35,36)37)14-22(29(23)44-30(17)41-11-9-31(3,4)10-12-41)18(2)39-25-7-8-26(34)40-27(25)19-5-6-24-20(13-19)16-38-45-33(24)43;2*1-2/h5-8,13-16,18,39,43H,9-12H2,1-4H3;2*1-2H3. The van der Waals surface area contributed by atoms with Gasteiger partial charge in [-0.1, -0.05) is 65.3 Å². The van der Waals surface area contributed by atoms with Crippen LogP contribution in [0.3, 0.4) is 0 Å².